The average molecular weight is 463 g/mol. The van der Waals surface area contributed by atoms with Crippen LogP contribution >= 0.6 is 11.6 Å². The molecule has 33 heavy (non-hydrogen) atoms. The summed E-state index contributed by atoms with van der Waals surface area (Å²) >= 11 is 6.00. The van der Waals surface area contributed by atoms with Gasteiger partial charge in [-0.05, 0) is 43.0 Å². The van der Waals surface area contributed by atoms with Crippen LogP contribution in [-0.2, 0) is 17.9 Å². The molecule has 0 spiro atoms. The second-order valence-electron chi connectivity index (χ2n) is 8.40. The minimum Gasteiger partial charge on any atom is -0.354 e. The fourth-order valence-electron chi connectivity index (χ4n) is 4.13. The summed E-state index contributed by atoms with van der Waals surface area (Å²) in [6.45, 7) is 6.97. The summed E-state index contributed by atoms with van der Waals surface area (Å²) in [5.41, 5.74) is 3.81. The second kappa shape index (κ2) is 9.63. The first kappa shape index (κ1) is 22.8. The maximum Gasteiger partial charge on any atom is 0.276 e. The van der Waals surface area contributed by atoms with Gasteiger partial charge < -0.3 is 9.88 Å². The van der Waals surface area contributed by atoms with Gasteiger partial charge in [0, 0.05) is 34.9 Å². The summed E-state index contributed by atoms with van der Waals surface area (Å²) in [4.78, 5) is 25.7. The van der Waals surface area contributed by atoms with Crippen LogP contribution in [0.3, 0.4) is 0 Å². The molecule has 1 N–H and O–H groups in total. The van der Waals surface area contributed by atoms with Gasteiger partial charge in [-0.2, -0.15) is 5.10 Å². The number of nitrogens with zero attached hydrogens (tertiary/aromatic N) is 3. The molecule has 4 aromatic rings. The van der Waals surface area contributed by atoms with E-state index in [4.69, 9.17) is 11.6 Å². The van der Waals surface area contributed by atoms with E-state index >= 15 is 0 Å². The minimum atomic E-state index is -0.255. The molecule has 0 radical (unpaired) electrons. The maximum absolute atomic E-state index is 13.2. The van der Waals surface area contributed by atoms with Crippen molar-refractivity contribution >= 4 is 28.3 Å². The zero-order valence-corrected chi connectivity index (χ0v) is 19.8. The highest BCUT2D eigenvalue weighted by atomic mass is 35.5. The molecule has 0 saturated heterocycles. The van der Waals surface area contributed by atoms with Crippen LogP contribution < -0.4 is 10.9 Å². The molecule has 0 aliphatic rings. The number of nitrogens with one attached hydrogen (secondary N) is 1. The molecule has 7 heteroatoms. The maximum atomic E-state index is 13.2. The lowest BCUT2D eigenvalue weighted by Crippen LogP contribution is -2.35. The first-order valence-electron chi connectivity index (χ1n) is 11.0. The SMILES string of the molecule is Cc1c2cnn(CC(=O)NC[C@H](C)c3ccccc3)c(=O)c2c(C)n1Cc1ccc(Cl)cc1. The molecule has 1 amide bonds. The molecule has 1 atom stereocenters. The Hall–Kier alpha value is -3.38. The standard InChI is InChI=1S/C26H27ClN4O2/c1-17(21-7-5-4-6-8-21)13-28-24(32)16-31-26(33)25-19(3)30(18(2)23(25)14-29-31)15-20-9-11-22(27)12-10-20/h4-12,14,17H,13,15-16H2,1-3H3,(H,28,32)/t17-/m0/s1. The molecule has 2 heterocycles. The second-order valence-corrected chi connectivity index (χ2v) is 8.83. The topological polar surface area (TPSA) is 68.9 Å². The number of halogens is 1. The van der Waals surface area contributed by atoms with Gasteiger partial charge in [-0.1, -0.05) is 61.0 Å². The predicted molar refractivity (Wildman–Crippen MR) is 132 cm³/mol. The van der Waals surface area contributed by atoms with Crippen LogP contribution in [0.15, 0.2) is 65.6 Å². The van der Waals surface area contributed by atoms with Crippen molar-refractivity contribution < 1.29 is 4.79 Å². The Morgan fingerprint density at radius 1 is 1.06 bits per heavy atom. The van der Waals surface area contributed by atoms with Gasteiger partial charge in [0.25, 0.3) is 5.56 Å². The smallest absolute Gasteiger partial charge is 0.276 e. The Balaban J connectivity index is 1.52. The Kier molecular flexibility index (Phi) is 6.65. The van der Waals surface area contributed by atoms with E-state index in [0.717, 1.165) is 27.9 Å². The summed E-state index contributed by atoms with van der Waals surface area (Å²) < 4.78 is 3.34. The van der Waals surface area contributed by atoms with Crippen LogP contribution in [0.25, 0.3) is 10.8 Å². The average Bonchev–Trinajstić information content (AvgIpc) is 3.06. The number of amides is 1. The molecule has 0 saturated carbocycles. The summed E-state index contributed by atoms with van der Waals surface area (Å²) in [6, 6.07) is 17.7. The Morgan fingerprint density at radius 3 is 2.45 bits per heavy atom. The summed E-state index contributed by atoms with van der Waals surface area (Å²) in [5.74, 6) is -0.0594. The molecule has 0 bridgehead atoms. The highest BCUT2D eigenvalue weighted by Crippen LogP contribution is 2.23. The molecular weight excluding hydrogens is 436 g/mol. The van der Waals surface area contributed by atoms with E-state index in [0.29, 0.717) is 23.5 Å². The lowest BCUT2D eigenvalue weighted by atomic mass is 10.0. The van der Waals surface area contributed by atoms with Crippen molar-refractivity contribution in [3.63, 3.8) is 0 Å². The van der Waals surface area contributed by atoms with Crippen LogP contribution in [0, 0.1) is 13.8 Å². The molecule has 4 rings (SSSR count). The Bertz CT molecular complexity index is 1340. The summed E-state index contributed by atoms with van der Waals surface area (Å²) in [7, 11) is 0. The number of rotatable bonds is 7. The fourth-order valence-corrected chi connectivity index (χ4v) is 4.25. The Morgan fingerprint density at radius 2 is 1.76 bits per heavy atom. The lowest BCUT2D eigenvalue weighted by Gasteiger charge is -2.13. The van der Waals surface area contributed by atoms with E-state index < -0.39 is 0 Å². The third-order valence-corrected chi connectivity index (χ3v) is 6.38. The first-order valence-corrected chi connectivity index (χ1v) is 11.3. The van der Waals surface area contributed by atoms with Crippen LogP contribution in [0.5, 0.6) is 0 Å². The van der Waals surface area contributed by atoms with E-state index in [2.05, 4.69) is 21.9 Å². The largest absolute Gasteiger partial charge is 0.354 e. The van der Waals surface area contributed by atoms with Gasteiger partial charge in [0.05, 0.1) is 11.6 Å². The molecule has 170 valence electrons. The summed E-state index contributed by atoms with van der Waals surface area (Å²) in [5, 5.41) is 9.29. The van der Waals surface area contributed by atoms with Crippen molar-refractivity contribution in [3.05, 3.63) is 98.7 Å². The molecule has 0 aliphatic carbocycles. The minimum absolute atomic E-state index is 0.114. The highest BCUT2D eigenvalue weighted by molar-refractivity contribution is 6.30. The van der Waals surface area contributed by atoms with Crippen LogP contribution in [-0.4, -0.2) is 26.8 Å². The zero-order valence-electron chi connectivity index (χ0n) is 19.0. The van der Waals surface area contributed by atoms with Crippen molar-refractivity contribution in [2.75, 3.05) is 6.54 Å². The number of aromatic nitrogens is 3. The van der Waals surface area contributed by atoms with E-state index in [1.165, 1.54) is 4.68 Å². The van der Waals surface area contributed by atoms with Gasteiger partial charge in [0.15, 0.2) is 0 Å². The highest BCUT2D eigenvalue weighted by Gasteiger charge is 2.18. The van der Waals surface area contributed by atoms with Gasteiger partial charge in [0.2, 0.25) is 5.91 Å². The number of hydrogen-bond donors (Lipinski definition) is 1. The van der Waals surface area contributed by atoms with E-state index in [9.17, 15) is 9.59 Å². The molecule has 0 fully saturated rings. The normalized spacial score (nSPS) is 12.1. The number of aryl methyl sites for hydroxylation is 2. The zero-order chi connectivity index (χ0) is 23.5. The third kappa shape index (κ3) is 4.86. The van der Waals surface area contributed by atoms with E-state index in [-0.39, 0.29) is 23.9 Å². The number of fused-ring (bicyclic) bond motifs is 1. The van der Waals surface area contributed by atoms with Crippen molar-refractivity contribution in [2.24, 2.45) is 0 Å². The third-order valence-electron chi connectivity index (χ3n) is 6.13. The molecular formula is C26H27ClN4O2. The lowest BCUT2D eigenvalue weighted by molar-refractivity contribution is -0.121. The van der Waals surface area contributed by atoms with E-state index in [1.807, 2.05) is 68.4 Å². The van der Waals surface area contributed by atoms with Gasteiger partial charge in [-0.15, -0.1) is 0 Å². The first-order chi connectivity index (χ1) is 15.8. The van der Waals surface area contributed by atoms with Crippen LogP contribution in [0.1, 0.15) is 35.4 Å². The van der Waals surface area contributed by atoms with Crippen LogP contribution in [0.2, 0.25) is 5.02 Å². The van der Waals surface area contributed by atoms with Gasteiger partial charge >= 0.3 is 0 Å². The molecule has 0 unspecified atom stereocenters. The van der Waals surface area contributed by atoms with Gasteiger partial charge in [-0.3, -0.25) is 9.59 Å². The molecule has 0 aliphatic heterocycles. The molecule has 2 aromatic heterocycles. The molecule has 6 nitrogen and oxygen atoms in total. The quantitative estimate of drug-likeness (QED) is 0.441. The van der Waals surface area contributed by atoms with Crippen molar-refractivity contribution in [1.29, 1.82) is 0 Å². The number of hydrogen-bond acceptors (Lipinski definition) is 3. The fraction of sp³-hybridized carbons (Fsp3) is 0.269. The van der Waals surface area contributed by atoms with Gasteiger partial charge in [-0.25, -0.2) is 4.68 Å². The van der Waals surface area contributed by atoms with E-state index in [1.54, 1.807) is 6.20 Å². The van der Waals surface area contributed by atoms with Crippen molar-refractivity contribution in [3.8, 4) is 0 Å². The van der Waals surface area contributed by atoms with Gasteiger partial charge in [0.1, 0.15) is 6.54 Å². The van der Waals surface area contributed by atoms with Crippen molar-refractivity contribution in [2.45, 2.75) is 39.8 Å². The Labute approximate surface area is 197 Å². The number of carbonyl (C=O) groups is 1. The number of carbonyl (C=O) groups excluding carboxylic acids is 1. The van der Waals surface area contributed by atoms with Crippen LogP contribution in [0.4, 0.5) is 0 Å². The molecule has 2 aromatic carbocycles. The van der Waals surface area contributed by atoms with Crippen molar-refractivity contribution in [1.82, 2.24) is 19.7 Å². The number of benzene rings is 2. The monoisotopic (exact) mass is 462 g/mol. The predicted octanol–water partition coefficient (Wildman–Crippen LogP) is 4.44. The summed E-state index contributed by atoms with van der Waals surface area (Å²) in [6.07, 6.45) is 1.68.